The molecule has 4 rings (SSSR count). The summed E-state index contributed by atoms with van der Waals surface area (Å²) in [5.41, 5.74) is 0.872. The molecule has 1 N–H and O–H groups in total. The molecule has 3 aromatic heterocycles. The van der Waals surface area contributed by atoms with Gasteiger partial charge in [0.25, 0.3) is 5.91 Å². The smallest absolute Gasteiger partial charge is 0.528 e. The van der Waals surface area contributed by atoms with Gasteiger partial charge in [0.1, 0.15) is 23.4 Å². The van der Waals surface area contributed by atoms with Crippen LogP contribution in [0.25, 0.3) is 11.5 Å². The van der Waals surface area contributed by atoms with Crippen molar-refractivity contribution in [3.8, 4) is 17.4 Å². The van der Waals surface area contributed by atoms with E-state index in [1.807, 2.05) is 0 Å². The van der Waals surface area contributed by atoms with Crippen LogP contribution >= 0.6 is 0 Å². The molecule has 2 bridgehead atoms. The first-order chi connectivity index (χ1) is 10.8. The molecule has 0 aliphatic carbocycles. The average Bonchev–Trinajstić information content (AvgIpc) is 3.01. The van der Waals surface area contributed by atoms with Crippen LogP contribution in [0.2, 0.25) is 0 Å². The molecular formula is C13H8BN6O2. The number of fused-ring (bicyclic) bond motifs is 5. The number of nitrogens with zero attached hydrogens (tertiary/aromatic N) is 5. The highest BCUT2D eigenvalue weighted by atomic mass is 16.4. The summed E-state index contributed by atoms with van der Waals surface area (Å²) in [5, 5.41) is 10.6. The topological polar surface area (TPSA) is 94.8 Å². The van der Waals surface area contributed by atoms with Crippen molar-refractivity contribution in [2.24, 2.45) is 0 Å². The van der Waals surface area contributed by atoms with E-state index >= 15 is 0 Å². The number of hydrogen-bond donors (Lipinski definition) is 1. The summed E-state index contributed by atoms with van der Waals surface area (Å²) in [5.74, 6) is 0.748. The van der Waals surface area contributed by atoms with E-state index in [9.17, 15) is 4.79 Å². The fraction of sp³-hybridized carbons (Fsp3) is 0. The van der Waals surface area contributed by atoms with E-state index < -0.39 is 0 Å². The van der Waals surface area contributed by atoms with Gasteiger partial charge in [0.15, 0.2) is 5.82 Å². The van der Waals surface area contributed by atoms with Crippen LogP contribution in [0.1, 0.15) is 10.4 Å². The third-order valence-corrected chi connectivity index (χ3v) is 3.09. The maximum atomic E-state index is 12.3. The zero-order valence-electron chi connectivity index (χ0n) is 11.2. The van der Waals surface area contributed by atoms with E-state index in [1.165, 1.54) is 13.9 Å². The molecule has 105 valence electrons. The molecule has 4 heterocycles. The van der Waals surface area contributed by atoms with Crippen LogP contribution in [0.15, 0.2) is 42.9 Å². The van der Waals surface area contributed by atoms with Crippen molar-refractivity contribution in [3.63, 3.8) is 0 Å². The molecule has 1 radical (unpaired) electrons. The standard InChI is InChI=1S/C13H8BN6O2/c21-12-8-3-2-6-15-13(8)22-14-20-7-16-19-11(20)9-4-1-5-10(17-9)18-12/h1-7H,(H,17,18,21). The predicted octanol–water partition coefficient (Wildman–Crippen LogP) is 0.762. The Morgan fingerprint density at radius 1 is 1.23 bits per heavy atom. The Labute approximate surface area is 125 Å². The van der Waals surface area contributed by atoms with Crippen LogP contribution in [-0.2, 0) is 0 Å². The second kappa shape index (κ2) is 4.95. The average molecular weight is 291 g/mol. The monoisotopic (exact) mass is 291 g/mol. The minimum atomic E-state index is -0.348. The molecular weight excluding hydrogens is 283 g/mol. The second-order valence-corrected chi connectivity index (χ2v) is 4.50. The summed E-state index contributed by atoms with van der Waals surface area (Å²) >= 11 is 0. The van der Waals surface area contributed by atoms with E-state index in [0.717, 1.165) is 0 Å². The Morgan fingerprint density at radius 2 is 2.18 bits per heavy atom. The lowest BCUT2D eigenvalue weighted by Crippen LogP contribution is -2.18. The highest BCUT2D eigenvalue weighted by Crippen LogP contribution is 2.20. The molecule has 1 aliphatic rings. The number of aromatic nitrogens is 5. The van der Waals surface area contributed by atoms with Crippen molar-refractivity contribution in [2.45, 2.75) is 0 Å². The molecule has 0 atom stereocenters. The molecule has 0 unspecified atom stereocenters. The third-order valence-electron chi connectivity index (χ3n) is 3.09. The molecule has 0 fully saturated rings. The highest BCUT2D eigenvalue weighted by molar-refractivity contribution is 6.27. The summed E-state index contributed by atoms with van der Waals surface area (Å²) in [6, 6.07) is 8.53. The molecule has 1 aliphatic heterocycles. The first-order valence-corrected chi connectivity index (χ1v) is 6.44. The lowest BCUT2D eigenvalue weighted by Gasteiger charge is -2.08. The SMILES string of the molecule is O=C1Nc2cccc(n2)-c2nncn2[B]Oc2ncccc21. The lowest BCUT2D eigenvalue weighted by atomic mass is 10.2. The van der Waals surface area contributed by atoms with Gasteiger partial charge in [0.05, 0.1) is 0 Å². The largest absolute Gasteiger partial charge is 0.529 e. The number of hydrogen-bond acceptors (Lipinski definition) is 6. The molecule has 3 aromatic rings. The Morgan fingerprint density at radius 3 is 3.14 bits per heavy atom. The van der Waals surface area contributed by atoms with Crippen molar-refractivity contribution >= 4 is 19.3 Å². The van der Waals surface area contributed by atoms with Gasteiger partial charge in [-0.25, -0.2) is 9.97 Å². The molecule has 0 spiro atoms. The van der Waals surface area contributed by atoms with Gasteiger partial charge in [-0.3, -0.25) is 4.79 Å². The Kier molecular flexibility index (Phi) is 2.82. The van der Waals surface area contributed by atoms with Crippen LogP contribution in [0.5, 0.6) is 5.88 Å². The maximum Gasteiger partial charge on any atom is 0.529 e. The van der Waals surface area contributed by atoms with E-state index in [0.29, 0.717) is 22.9 Å². The number of carbonyl (C=O) groups is 1. The summed E-state index contributed by atoms with van der Waals surface area (Å²) in [7, 11) is 1.38. The molecule has 0 aromatic carbocycles. The summed E-state index contributed by atoms with van der Waals surface area (Å²) < 4.78 is 7.08. The van der Waals surface area contributed by atoms with Crippen LogP contribution in [-0.4, -0.2) is 38.2 Å². The predicted molar refractivity (Wildman–Crippen MR) is 77.2 cm³/mol. The van der Waals surface area contributed by atoms with E-state index in [4.69, 9.17) is 4.65 Å². The van der Waals surface area contributed by atoms with Crippen LogP contribution in [0, 0.1) is 0 Å². The Hall–Kier alpha value is -3.23. The quantitative estimate of drug-likeness (QED) is 0.614. The van der Waals surface area contributed by atoms with Gasteiger partial charge in [-0.2, -0.15) is 0 Å². The number of carbonyl (C=O) groups excluding carboxylic acids is 1. The third kappa shape index (κ3) is 2.08. The summed E-state index contributed by atoms with van der Waals surface area (Å²) in [4.78, 5) is 20.8. The van der Waals surface area contributed by atoms with Gasteiger partial charge >= 0.3 is 7.62 Å². The number of anilines is 1. The normalized spacial score (nSPS) is 12.8. The summed E-state index contributed by atoms with van der Waals surface area (Å²) in [6.07, 6.45) is 3.03. The van der Waals surface area contributed by atoms with E-state index in [2.05, 4.69) is 25.5 Å². The lowest BCUT2D eigenvalue weighted by molar-refractivity contribution is 0.102. The Balaban J connectivity index is 1.88. The van der Waals surface area contributed by atoms with E-state index in [1.54, 1.807) is 41.0 Å². The van der Waals surface area contributed by atoms with Crippen molar-refractivity contribution in [3.05, 3.63) is 48.4 Å². The summed E-state index contributed by atoms with van der Waals surface area (Å²) in [6.45, 7) is 0. The maximum absolute atomic E-state index is 12.3. The number of amides is 1. The fourth-order valence-electron chi connectivity index (χ4n) is 2.08. The van der Waals surface area contributed by atoms with Crippen LogP contribution < -0.4 is 9.97 Å². The second-order valence-electron chi connectivity index (χ2n) is 4.50. The number of nitrogens with one attached hydrogen (secondary N) is 1. The number of pyridine rings is 2. The molecule has 22 heavy (non-hydrogen) atoms. The van der Waals surface area contributed by atoms with Crippen molar-refractivity contribution in [1.29, 1.82) is 0 Å². The van der Waals surface area contributed by atoms with Gasteiger partial charge < -0.3 is 14.4 Å². The van der Waals surface area contributed by atoms with Crippen LogP contribution in [0.3, 0.4) is 0 Å². The van der Waals surface area contributed by atoms with Crippen LogP contribution in [0.4, 0.5) is 5.82 Å². The molecule has 9 heteroatoms. The zero-order valence-corrected chi connectivity index (χ0v) is 11.2. The van der Waals surface area contributed by atoms with Crippen molar-refractivity contribution in [2.75, 3.05) is 5.32 Å². The minimum absolute atomic E-state index is 0.189. The zero-order chi connectivity index (χ0) is 14.9. The van der Waals surface area contributed by atoms with E-state index in [-0.39, 0.29) is 11.8 Å². The fourth-order valence-corrected chi connectivity index (χ4v) is 2.08. The van der Waals surface area contributed by atoms with Crippen molar-refractivity contribution < 1.29 is 9.45 Å². The van der Waals surface area contributed by atoms with Gasteiger partial charge in [0, 0.05) is 6.20 Å². The number of rotatable bonds is 0. The first kappa shape index (κ1) is 12.5. The molecule has 8 nitrogen and oxygen atoms in total. The van der Waals surface area contributed by atoms with Gasteiger partial charge in [0.2, 0.25) is 5.88 Å². The Bertz CT molecular complexity index is 865. The molecule has 1 amide bonds. The van der Waals surface area contributed by atoms with Gasteiger partial charge in [-0.05, 0) is 24.3 Å². The van der Waals surface area contributed by atoms with Gasteiger partial charge in [-0.15, -0.1) is 10.2 Å². The minimum Gasteiger partial charge on any atom is -0.528 e. The molecule has 0 saturated carbocycles. The van der Waals surface area contributed by atoms with Gasteiger partial charge in [-0.1, -0.05) is 6.07 Å². The first-order valence-electron chi connectivity index (χ1n) is 6.44. The highest BCUT2D eigenvalue weighted by Gasteiger charge is 2.19. The molecule has 0 saturated heterocycles. The van der Waals surface area contributed by atoms with Crippen molar-refractivity contribution in [1.82, 2.24) is 24.6 Å².